The third kappa shape index (κ3) is 3.34. The van der Waals surface area contributed by atoms with E-state index in [-0.39, 0.29) is 23.7 Å². The molecule has 1 heterocycles. The topological polar surface area (TPSA) is 97.1 Å². The molecule has 0 radical (unpaired) electrons. The molecular weight excluding hydrogens is 260 g/mol. The van der Waals surface area contributed by atoms with Crippen LogP contribution < -0.4 is 5.32 Å². The number of carboxylic acids is 1. The average Bonchev–Trinajstić information content (AvgIpc) is 2.89. The highest BCUT2D eigenvalue weighted by Gasteiger charge is 2.29. The van der Waals surface area contributed by atoms with Gasteiger partial charge in [-0.3, -0.25) is 4.79 Å². The zero-order chi connectivity index (χ0) is 14.5. The van der Waals surface area contributed by atoms with Gasteiger partial charge in [-0.1, -0.05) is 25.0 Å². The van der Waals surface area contributed by atoms with Crippen molar-refractivity contribution in [2.24, 2.45) is 0 Å². The summed E-state index contributed by atoms with van der Waals surface area (Å²) in [5.41, 5.74) is -0.0609. The highest BCUT2D eigenvalue weighted by molar-refractivity contribution is 5.84. The third-order valence-electron chi connectivity index (χ3n) is 3.62. The Kier molecular flexibility index (Phi) is 4.70. The SMILES string of the molecule is CCCC(=O)N[C@@H]1CCCC[C@@H]1n1cc(C(=O)O)nn1. The number of amides is 1. The first-order valence-corrected chi connectivity index (χ1v) is 7.06. The van der Waals surface area contributed by atoms with Gasteiger partial charge in [0.15, 0.2) is 5.69 Å². The van der Waals surface area contributed by atoms with Gasteiger partial charge in [0.1, 0.15) is 0 Å². The molecule has 0 saturated heterocycles. The van der Waals surface area contributed by atoms with Gasteiger partial charge >= 0.3 is 5.97 Å². The molecule has 1 aliphatic rings. The predicted molar refractivity (Wildman–Crippen MR) is 71.3 cm³/mol. The van der Waals surface area contributed by atoms with E-state index >= 15 is 0 Å². The van der Waals surface area contributed by atoms with Crippen LogP contribution in [0.25, 0.3) is 0 Å². The molecule has 0 aromatic carbocycles. The van der Waals surface area contributed by atoms with Crippen LogP contribution in [-0.4, -0.2) is 38.0 Å². The average molecular weight is 280 g/mol. The number of hydrogen-bond acceptors (Lipinski definition) is 4. The highest BCUT2D eigenvalue weighted by Crippen LogP contribution is 2.28. The van der Waals surface area contributed by atoms with E-state index in [2.05, 4.69) is 15.6 Å². The Labute approximate surface area is 117 Å². The molecule has 0 aliphatic heterocycles. The van der Waals surface area contributed by atoms with Crippen LogP contribution in [0.4, 0.5) is 0 Å². The molecule has 0 unspecified atom stereocenters. The van der Waals surface area contributed by atoms with Gasteiger partial charge < -0.3 is 10.4 Å². The maximum absolute atomic E-state index is 11.8. The number of carbonyl (C=O) groups excluding carboxylic acids is 1. The minimum Gasteiger partial charge on any atom is -0.476 e. The van der Waals surface area contributed by atoms with Crippen molar-refractivity contribution in [1.82, 2.24) is 20.3 Å². The van der Waals surface area contributed by atoms with Crippen molar-refractivity contribution in [3.8, 4) is 0 Å². The van der Waals surface area contributed by atoms with Gasteiger partial charge in [0.25, 0.3) is 0 Å². The zero-order valence-corrected chi connectivity index (χ0v) is 11.6. The van der Waals surface area contributed by atoms with E-state index in [1.54, 1.807) is 4.68 Å². The van der Waals surface area contributed by atoms with Crippen LogP contribution in [0.1, 0.15) is 62.0 Å². The van der Waals surface area contributed by atoms with Gasteiger partial charge in [-0.05, 0) is 19.3 Å². The van der Waals surface area contributed by atoms with Gasteiger partial charge in [0.2, 0.25) is 5.91 Å². The second-order valence-electron chi connectivity index (χ2n) is 5.16. The number of hydrogen-bond donors (Lipinski definition) is 2. The van der Waals surface area contributed by atoms with E-state index in [4.69, 9.17) is 5.11 Å². The van der Waals surface area contributed by atoms with Gasteiger partial charge in [-0.2, -0.15) is 0 Å². The molecule has 1 saturated carbocycles. The molecule has 1 aromatic heterocycles. The quantitative estimate of drug-likeness (QED) is 0.849. The summed E-state index contributed by atoms with van der Waals surface area (Å²) in [7, 11) is 0. The second kappa shape index (κ2) is 6.49. The standard InChI is InChI=1S/C13H20N4O3/c1-2-5-12(18)14-9-6-3-4-7-11(9)17-8-10(13(19)20)15-16-17/h8-9,11H,2-7H2,1H3,(H,14,18)(H,19,20)/t9-,11+/m1/s1. The zero-order valence-electron chi connectivity index (χ0n) is 11.6. The minimum absolute atomic E-state index is 0.00569. The number of aromatic nitrogens is 3. The summed E-state index contributed by atoms with van der Waals surface area (Å²) in [6.45, 7) is 1.97. The number of rotatable bonds is 5. The lowest BCUT2D eigenvalue weighted by Crippen LogP contribution is -2.43. The Hall–Kier alpha value is -1.92. The molecule has 7 heteroatoms. The number of nitrogens with zero attached hydrogens (tertiary/aromatic N) is 3. The summed E-state index contributed by atoms with van der Waals surface area (Å²) >= 11 is 0. The molecular formula is C13H20N4O3. The minimum atomic E-state index is -1.08. The van der Waals surface area contributed by atoms with Crippen molar-refractivity contribution in [1.29, 1.82) is 0 Å². The van der Waals surface area contributed by atoms with Gasteiger partial charge in [-0.15, -0.1) is 5.10 Å². The largest absolute Gasteiger partial charge is 0.476 e. The molecule has 7 nitrogen and oxygen atoms in total. The maximum Gasteiger partial charge on any atom is 0.358 e. The molecule has 110 valence electrons. The van der Waals surface area contributed by atoms with E-state index in [0.717, 1.165) is 32.1 Å². The van der Waals surface area contributed by atoms with E-state index in [9.17, 15) is 9.59 Å². The summed E-state index contributed by atoms with van der Waals surface area (Å²) in [6, 6.07) is -0.00342. The molecule has 2 atom stereocenters. The Morgan fingerprint density at radius 2 is 2.20 bits per heavy atom. The highest BCUT2D eigenvalue weighted by atomic mass is 16.4. The Morgan fingerprint density at radius 3 is 2.85 bits per heavy atom. The monoisotopic (exact) mass is 280 g/mol. The fourth-order valence-electron chi connectivity index (χ4n) is 2.64. The van der Waals surface area contributed by atoms with Gasteiger partial charge in [-0.25, -0.2) is 9.48 Å². The summed E-state index contributed by atoms with van der Waals surface area (Å²) < 4.78 is 1.58. The van der Waals surface area contributed by atoms with Crippen LogP contribution in [0.3, 0.4) is 0 Å². The Bertz CT molecular complexity index is 486. The first-order valence-electron chi connectivity index (χ1n) is 7.06. The van der Waals surface area contributed by atoms with Crippen molar-refractivity contribution in [2.75, 3.05) is 0 Å². The number of carboxylic acid groups (broad SMARTS) is 1. The molecule has 2 rings (SSSR count). The number of aromatic carboxylic acids is 1. The van der Waals surface area contributed by atoms with Crippen molar-refractivity contribution in [3.63, 3.8) is 0 Å². The van der Waals surface area contributed by atoms with Crippen LogP contribution in [0.5, 0.6) is 0 Å². The fraction of sp³-hybridized carbons (Fsp3) is 0.692. The number of nitrogens with one attached hydrogen (secondary N) is 1. The molecule has 0 bridgehead atoms. The van der Waals surface area contributed by atoms with Crippen LogP contribution in [0.15, 0.2) is 6.20 Å². The smallest absolute Gasteiger partial charge is 0.358 e. The van der Waals surface area contributed by atoms with Crippen molar-refractivity contribution >= 4 is 11.9 Å². The van der Waals surface area contributed by atoms with Crippen LogP contribution in [0.2, 0.25) is 0 Å². The fourth-order valence-corrected chi connectivity index (χ4v) is 2.64. The first kappa shape index (κ1) is 14.5. The molecule has 0 spiro atoms. The molecule has 1 aliphatic carbocycles. The summed E-state index contributed by atoms with van der Waals surface area (Å²) in [5, 5.41) is 19.5. The van der Waals surface area contributed by atoms with Crippen molar-refractivity contribution in [2.45, 2.75) is 57.5 Å². The van der Waals surface area contributed by atoms with Crippen LogP contribution in [-0.2, 0) is 4.79 Å². The number of carbonyl (C=O) groups is 2. The molecule has 1 aromatic rings. The lowest BCUT2D eigenvalue weighted by molar-refractivity contribution is -0.122. The van der Waals surface area contributed by atoms with Crippen LogP contribution in [0, 0.1) is 0 Å². The predicted octanol–water partition coefficient (Wildman–Crippen LogP) is 1.38. The second-order valence-corrected chi connectivity index (χ2v) is 5.16. The van der Waals surface area contributed by atoms with Crippen molar-refractivity contribution in [3.05, 3.63) is 11.9 Å². The van der Waals surface area contributed by atoms with E-state index in [1.165, 1.54) is 6.20 Å². The van der Waals surface area contributed by atoms with Crippen molar-refractivity contribution < 1.29 is 14.7 Å². The Balaban J connectivity index is 2.09. The lowest BCUT2D eigenvalue weighted by Gasteiger charge is -2.31. The normalized spacial score (nSPS) is 22.4. The van der Waals surface area contributed by atoms with Gasteiger partial charge in [0, 0.05) is 6.42 Å². The van der Waals surface area contributed by atoms with E-state index < -0.39 is 5.97 Å². The van der Waals surface area contributed by atoms with E-state index in [1.807, 2.05) is 6.92 Å². The molecule has 1 fully saturated rings. The molecule has 20 heavy (non-hydrogen) atoms. The third-order valence-corrected chi connectivity index (χ3v) is 3.62. The van der Waals surface area contributed by atoms with Crippen LogP contribution >= 0.6 is 0 Å². The lowest BCUT2D eigenvalue weighted by atomic mass is 9.90. The summed E-state index contributed by atoms with van der Waals surface area (Å²) in [5.74, 6) is -1.04. The molecule has 2 N–H and O–H groups in total. The first-order chi connectivity index (χ1) is 9.61. The summed E-state index contributed by atoms with van der Waals surface area (Å²) in [4.78, 5) is 22.6. The van der Waals surface area contributed by atoms with Gasteiger partial charge in [0.05, 0.1) is 18.3 Å². The molecule has 1 amide bonds. The summed E-state index contributed by atoms with van der Waals surface area (Å²) in [6.07, 6.45) is 6.65. The maximum atomic E-state index is 11.8. The van der Waals surface area contributed by atoms with E-state index in [0.29, 0.717) is 6.42 Å². The Morgan fingerprint density at radius 1 is 1.45 bits per heavy atom.